The van der Waals surface area contributed by atoms with E-state index in [2.05, 4.69) is 15.3 Å². The minimum absolute atomic E-state index is 0.00910. The second kappa shape index (κ2) is 9.19. The number of amides is 1. The topological polar surface area (TPSA) is 64.1 Å². The molecule has 1 amide bonds. The standard InChI is InChI=1S/C23H16F3N3O2S/c24-23(25,26)17-5-1-3-15(11-17)13-31-19-6-2-4-16(12-19)22-29-20(14-32-22)21(30)28-18-7-9-27-10-8-18/h1-12,14H,13H2,(H,27,28,30). The fourth-order valence-electron chi connectivity index (χ4n) is 2.86. The van der Waals surface area contributed by atoms with Crippen LogP contribution in [0.4, 0.5) is 18.9 Å². The van der Waals surface area contributed by atoms with Crippen LogP contribution >= 0.6 is 11.3 Å². The van der Waals surface area contributed by atoms with Gasteiger partial charge in [-0.2, -0.15) is 13.2 Å². The molecule has 2 heterocycles. The number of carbonyl (C=O) groups excluding carboxylic acids is 1. The van der Waals surface area contributed by atoms with E-state index >= 15 is 0 Å². The third-order valence-electron chi connectivity index (χ3n) is 4.42. The van der Waals surface area contributed by atoms with E-state index in [4.69, 9.17) is 4.74 Å². The van der Waals surface area contributed by atoms with Gasteiger partial charge in [-0.15, -0.1) is 11.3 Å². The van der Waals surface area contributed by atoms with Crippen LogP contribution in [0.2, 0.25) is 0 Å². The van der Waals surface area contributed by atoms with Crippen molar-refractivity contribution in [2.75, 3.05) is 5.32 Å². The fourth-order valence-corrected chi connectivity index (χ4v) is 3.66. The number of benzene rings is 2. The maximum Gasteiger partial charge on any atom is 0.416 e. The predicted octanol–water partition coefficient (Wildman–Crippen LogP) is 6.06. The zero-order valence-electron chi connectivity index (χ0n) is 16.5. The number of halogens is 3. The molecule has 0 aliphatic rings. The Hall–Kier alpha value is -3.72. The number of hydrogen-bond acceptors (Lipinski definition) is 5. The van der Waals surface area contributed by atoms with E-state index in [0.29, 0.717) is 22.0 Å². The predicted molar refractivity (Wildman–Crippen MR) is 116 cm³/mol. The molecule has 0 saturated heterocycles. The lowest BCUT2D eigenvalue weighted by molar-refractivity contribution is -0.137. The van der Waals surface area contributed by atoms with Gasteiger partial charge in [0.2, 0.25) is 0 Å². The highest BCUT2D eigenvalue weighted by Crippen LogP contribution is 2.30. The monoisotopic (exact) mass is 455 g/mol. The normalized spacial score (nSPS) is 11.2. The summed E-state index contributed by atoms with van der Waals surface area (Å²) in [6.07, 6.45) is -1.25. The Morgan fingerprint density at radius 1 is 1.03 bits per heavy atom. The first kappa shape index (κ1) is 21.5. The number of anilines is 1. The Balaban J connectivity index is 1.44. The SMILES string of the molecule is O=C(Nc1ccncc1)c1csc(-c2cccc(OCc3cccc(C(F)(F)F)c3)c2)n1. The van der Waals surface area contributed by atoms with E-state index in [1.165, 1.54) is 17.4 Å². The molecular weight excluding hydrogens is 439 g/mol. The Labute approximate surface area is 185 Å². The zero-order chi connectivity index (χ0) is 22.6. The number of nitrogens with zero attached hydrogens (tertiary/aromatic N) is 2. The maximum atomic E-state index is 12.9. The summed E-state index contributed by atoms with van der Waals surface area (Å²) in [6, 6.07) is 15.4. The van der Waals surface area contributed by atoms with E-state index in [-0.39, 0.29) is 18.2 Å². The van der Waals surface area contributed by atoms with Crippen LogP contribution in [0.25, 0.3) is 10.6 Å². The molecule has 32 heavy (non-hydrogen) atoms. The first-order valence-electron chi connectivity index (χ1n) is 9.45. The van der Waals surface area contributed by atoms with Gasteiger partial charge < -0.3 is 10.1 Å². The van der Waals surface area contributed by atoms with Gasteiger partial charge in [-0.3, -0.25) is 9.78 Å². The van der Waals surface area contributed by atoms with Gasteiger partial charge in [0, 0.05) is 29.0 Å². The summed E-state index contributed by atoms with van der Waals surface area (Å²) in [5.41, 5.74) is 1.32. The highest BCUT2D eigenvalue weighted by Gasteiger charge is 2.30. The van der Waals surface area contributed by atoms with Gasteiger partial charge in [-0.25, -0.2) is 4.98 Å². The smallest absolute Gasteiger partial charge is 0.416 e. The first-order valence-corrected chi connectivity index (χ1v) is 10.3. The molecular formula is C23H16F3N3O2S. The van der Waals surface area contributed by atoms with Crippen molar-refractivity contribution in [3.8, 4) is 16.3 Å². The molecule has 4 aromatic rings. The molecule has 0 aliphatic heterocycles. The van der Waals surface area contributed by atoms with Crippen molar-refractivity contribution in [1.82, 2.24) is 9.97 Å². The number of hydrogen-bond donors (Lipinski definition) is 1. The molecule has 162 valence electrons. The third-order valence-corrected chi connectivity index (χ3v) is 5.31. The average molecular weight is 455 g/mol. The van der Waals surface area contributed by atoms with Crippen molar-refractivity contribution in [3.63, 3.8) is 0 Å². The number of thiazole rings is 1. The molecule has 0 saturated carbocycles. The number of carbonyl (C=O) groups is 1. The minimum Gasteiger partial charge on any atom is -0.489 e. The van der Waals surface area contributed by atoms with Crippen LogP contribution in [0, 0.1) is 0 Å². The molecule has 2 aromatic heterocycles. The van der Waals surface area contributed by atoms with Crippen LogP contribution < -0.4 is 10.1 Å². The van der Waals surface area contributed by atoms with Gasteiger partial charge in [0.15, 0.2) is 0 Å². The molecule has 0 fully saturated rings. The lowest BCUT2D eigenvalue weighted by atomic mass is 10.1. The van der Waals surface area contributed by atoms with Gasteiger partial charge >= 0.3 is 6.18 Å². The van der Waals surface area contributed by atoms with Crippen molar-refractivity contribution in [2.24, 2.45) is 0 Å². The summed E-state index contributed by atoms with van der Waals surface area (Å²) in [4.78, 5) is 20.7. The summed E-state index contributed by atoms with van der Waals surface area (Å²) in [5, 5.41) is 5.02. The molecule has 2 aromatic carbocycles. The summed E-state index contributed by atoms with van der Waals surface area (Å²) in [5.74, 6) is 0.147. The van der Waals surface area contributed by atoms with Crippen LogP contribution in [0.1, 0.15) is 21.6 Å². The molecule has 4 rings (SSSR count). The van der Waals surface area contributed by atoms with Crippen molar-refractivity contribution in [1.29, 1.82) is 0 Å². The average Bonchev–Trinajstić information content (AvgIpc) is 3.29. The molecule has 0 unspecified atom stereocenters. The molecule has 0 spiro atoms. The fraction of sp³-hybridized carbons (Fsp3) is 0.0870. The number of nitrogens with one attached hydrogen (secondary N) is 1. The van der Waals surface area contributed by atoms with Crippen LogP contribution in [-0.4, -0.2) is 15.9 Å². The molecule has 0 radical (unpaired) electrons. The van der Waals surface area contributed by atoms with Crippen LogP contribution in [0.5, 0.6) is 5.75 Å². The summed E-state index contributed by atoms with van der Waals surface area (Å²) < 4.78 is 44.3. The zero-order valence-corrected chi connectivity index (χ0v) is 17.3. The van der Waals surface area contributed by atoms with Gasteiger partial charge in [0.25, 0.3) is 5.91 Å². The highest BCUT2D eigenvalue weighted by molar-refractivity contribution is 7.13. The molecule has 5 nitrogen and oxygen atoms in total. The van der Waals surface area contributed by atoms with Crippen LogP contribution in [-0.2, 0) is 12.8 Å². The van der Waals surface area contributed by atoms with E-state index in [1.54, 1.807) is 54.2 Å². The van der Waals surface area contributed by atoms with Gasteiger partial charge in [-0.05, 0) is 42.0 Å². The quantitative estimate of drug-likeness (QED) is 0.384. The van der Waals surface area contributed by atoms with E-state index in [1.807, 2.05) is 6.07 Å². The number of rotatable bonds is 6. The summed E-state index contributed by atoms with van der Waals surface area (Å²) in [6.45, 7) is -0.00910. The third kappa shape index (κ3) is 5.30. The van der Waals surface area contributed by atoms with Crippen LogP contribution in [0.3, 0.4) is 0 Å². The lowest BCUT2D eigenvalue weighted by Gasteiger charge is -2.10. The first-order chi connectivity index (χ1) is 15.4. The van der Waals surface area contributed by atoms with Crippen molar-refractivity contribution < 1.29 is 22.7 Å². The number of ether oxygens (including phenoxy) is 1. The summed E-state index contributed by atoms with van der Waals surface area (Å²) in [7, 11) is 0. The Bertz CT molecular complexity index is 1230. The molecule has 1 N–H and O–H groups in total. The van der Waals surface area contributed by atoms with Gasteiger partial charge in [0.05, 0.1) is 5.56 Å². The van der Waals surface area contributed by atoms with Crippen molar-refractivity contribution in [2.45, 2.75) is 12.8 Å². The Morgan fingerprint density at radius 2 is 1.81 bits per heavy atom. The van der Waals surface area contributed by atoms with E-state index in [0.717, 1.165) is 17.7 Å². The maximum absolute atomic E-state index is 12.9. The van der Waals surface area contributed by atoms with E-state index in [9.17, 15) is 18.0 Å². The van der Waals surface area contributed by atoms with E-state index < -0.39 is 11.7 Å². The molecule has 0 aliphatic carbocycles. The van der Waals surface area contributed by atoms with Crippen molar-refractivity contribution in [3.05, 3.63) is 95.3 Å². The Kier molecular flexibility index (Phi) is 6.18. The van der Waals surface area contributed by atoms with Crippen molar-refractivity contribution >= 4 is 22.9 Å². The largest absolute Gasteiger partial charge is 0.489 e. The number of pyridine rings is 1. The van der Waals surface area contributed by atoms with Gasteiger partial charge in [-0.1, -0.05) is 24.3 Å². The molecule has 0 bridgehead atoms. The number of alkyl halides is 3. The number of aromatic nitrogens is 2. The molecule has 0 atom stereocenters. The highest BCUT2D eigenvalue weighted by atomic mass is 32.1. The van der Waals surface area contributed by atoms with Crippen LogP contribution in [0.15, 0.2) is 78.4 Å². The summed E-state index contributed by atoms with van der Waals surface area (Å²) >= 11 is 1.30. The lowest BCUT2D eigenvalue weighted by Crippen LogP contribution is -2.12. The minimum atomic E-state index is -4.40. The Morgan fingerprint density at radius 3 is 2.59 bits per heavy atom. The second-order valence-corrected chi connectivity index (χ2v) is 7.60. The second-order valence-electron chi connectivity index (χ2n) is 6.74. The van der Waals surface area contributed by atoms with Gasteiger partial charge in [0.1, 0.15) is 23.1 Å². The molecule has 9 heteroatoms.